The van der Waals surface area contributed by atoms with Gasteiger partial charge in [-0.05, 0) is 43.5 Å². The van der Waals surface area contributed by atoms with Gasteiger partial charge in [0.15, 0.2) is 5.96 Å². The van der Waals surface area contributed by atoms with E-state index < -0.39 is 0 Å². The first-order valence-electron chi connectivity index (χ1n) is 7.81. The van der Waals surface area contributed by atoms with Crippen LogP contribution in [0.2, 0.25) is 0 Å². The Morgan fingerprint density at radius 2 is 2.21 bits per heavy atom. The Balaban J connectivity index is 0.00000288. The van der Waals surface area contributed by atoms with Crippen molar-refractivity contribution in [2.24, 2.45) is 4.99 Å². The average molecular weight is 445 g/mol. The van der Waals surface area contributed by atoms with E-state index in [-0.39, 0.29) is 35.8 Å². The van der Waals surface area contributed by atoms with Gasteiger partial charge in [0, 0.05) is 32.5 Å². The molecule has 0 aliphatic carbocycles. The third-order valence-electron chi connectivity index (χ3n) is 3.69. The third-order valence-corrected chi connectivity index (χ3v) is 3.69. The highest BCUT2D eigenvalue weighted by Crippen LogP contribution is 2.16. The topological polar surface area (TPSA) is 54.2 Å². The van der Waals surface area contributed by atoms with Crippen LogP contribution >= 0.6 is 24.0 Å². The van der Waals surface area contributed by atoms with Crippen molar-refractivity contribution >= 4 is 29.9 Å². The molecule has 1 aromatic heterocycles. The predicted octanol–water partition coefficient (Wildman–Crippen LogP) is 3.26. The number of aliphatic imine (C=N–C) groups is 1. The molecule has 5 nitrogen and oxygen atoms in total. The Morgan fingerprint density at radius 1 is 1.42 bits per heavy atom. The first-order valence-corrected chi connectivity index (χ1v) is 7.81. The fourth-order valence-electron chi connectivity index (χ4n) is 2.24. The molecule has 0 amide bonds. The minimum Gasteiger partial charge on any atom is -0.356 e. The zero-order valence-electron chi connectivity index (χ0n) is 14.3. The van der Waals surface area contributed by atoms with E-state index in [9.17, 15) is 4.39 Å². The molecule has 0 aliphatic rings. The summed E-state index contributed by atoms with van der Waals surface area (Å²) in [6.45, 7) is 5.39. The summed E-state index contributed by atoms with van der Waals surface area (Å²) >= 11 is 0. The van der Waals surface area contributed by atoms with Gasteiger partial charge >= 0.3 is 0 Å². The van der Waals surface area contributed by atoms with Crippen molar-refractivity contribution in [3.8, 4) is 0 Å². The van der Waals surface area contributed by atoms with E-state index in [2.05, 4.69) is 20.7 Å². The number of hydrogen-bond acceptors (Lipinski definition) is 2. The van der Waals surface area contributed by atoms with Crippen LogP contribution in [0.3, 0.4) is 0 Å². The van der Waals surface area contributed by atoms with Gasteiger partial charge in [-0.25, -0.2) is 4.39 Å². The van der Waals surface area contributed by atoms with E-state index in [0.717, 1.165) is 25.1 Å². The molecule has 2 rings (SSSR count). The molecule has 24 heavy (non-hydrogen) atoms. The maximum atomic E-state index is 13.7. The molecule has 0 saturated heterocycles. The van der Waals surface area contributed by atoms with Crippen LogP contribution in [0, 0.1) is 12.7 Å². The zero-order chi connectivity index (χ0) is 16.7. The van der Waals surface area contributed by atoms with Crippen LogP contribution in [0.1, 0.15) is 30.5 Å². The van der Waals surface area contributed by atoms with Crippen molar-refractivity contribution in [3.05, 3.63) is 53.6 Å². The summed E-state index contributed by atoms with van der Waals surface area (Å²) in [4.78, 5) is 4.21. The molecular formula is C17H25FIN5. The van der Waals surface area contributed by atoms with Gasteiger partial charge in [-0.1, -0.05) is 12.1 Å². The summed E-state index contributed by atoms with van der Waals surface area (Å²) < 4.78 is 15.6. The monoisotopic (exact) mass is 445 g/mol. The number of rotatable bonds is 6. The van der Waals surface area contributed by atoms with Gasteiger partial charge in [-0.3, -0.25) is 9.67 Å². The molecule has 0 saturated carbocycles. The summed E-state index contributed by atoms with van der Waals surface area (Å²) in [5.74, 6) is 0.525. The molecule has 132 valence electrons. The van der Waals surface area contributed by atoms with Crippen molar-refractivity contribution in [2.45, 2.75) is 32.9 Å². The lowest BCUT2D eigenvalue weighted by Gasteiger charge is -2.18. The molecule has 0 spiro atoms. The number of guanidine groups is 1. The second kappa shape index (κ2) is 10.3. The third kappa shape index (κ3) is 6.10. The summed E-state index contributed by atoms with van der Waals surface area (Å²) in [5.41, 5.74) is 1.55. The summed E-state index contributed by atoms with van der Waals surface area (Å²) in [5, 5.41) is 10.7. The highest BCUT2D eigenvalue weighted by atomic mass is 127. The SMILES string of the molecule is CN=C(NCCCn1cccn1)NC(C)c1ccc(C)c(F)c1.I. The van der Waals surface area contributed by atoms with Crippen LogP contribution in [-0.2, 0) is 6.54 Å². The smallest absolute Gasteiger partial charge is 0.191 e. The van der Waals surface area contributed by atoms with Gasteiger partial charge in [0.2, 0.25) is 0 Å². The highest BCUT2D eigenvalue weighted by molar-refractivity contribution is 14.0. The minimum atomic E-state index is -0.182. The van der Waals surface area contributed by atoms with Crippen molar-refractivity contribution in [3.63, 3.8) is 0 Å². The van der Waals surface area contributed by atoms with E-state index in [1.54, 1.807) is 32.3 Å². The van der Waals surface area contributed by atoms with Crippen molar-refractivity contribution in [1.82, 2.24) is 20.4 Å². The van der Waals surface area contributed by atoms with Gasteiger partial charge in [-0.2, -0.15) is 5.10 Å². The Morgan fingerprint density at radius 3 is 2.83 bits per heavy atom. The van der Waals surface area contributed by atoms with Gasteiger partial charge < -0.3 is 10.6 Å². The predicted molar refractivity (Wildman–Crippen MR) is 106 cm³/mol. The molecule has 1 atom stereocenters. The molecule has 0 bridgehead atoms. The second-order valence-electron chi connectivity index (χ2n) is 5.50. The van der Waals surface area contributed by atoms with Crippen molar-refractivity contribution in [1.29, 1.82) is 0 Å². The number of benzene rings is 1. The maximum absolute atomic E-state index is 13.7. The zero-order valence-corrected chi connectivity index (χ0v) is 16.6. The number of aromatic nitrogens is 2. The van der Waals surface area contributed by atoms with Gasteiger partial charge in [0.05, 0.1) is 6.04 Å². The second-order valence-corrected chi connectivity index (χ2v) is 5.50. The first kappa shape index (κ1) is 20.4. The number of halogens is 2. The first-order chi connectivity index (χ1) is 11.1. The Hall–Kier alpha value is -1.64. The molecule has 1 heterocycles. The standard InChI is InChI=1S/C17H24FN5.HI/c1-13-6-7-15(12-16(13)18)14(2)22-17(19-3)20-8-4-10-23-11-5-9-21-23;/h5-7,9,11-12,14H,4,8,10H2,1-3H3,(H2,19,20,22);1H. The summed E-state index contributed by atoms with van der Waals surface area (Å²) in [7, 11) is 1.73. The van der Waals surface area contributed by atoms with Crippen LogP contribution in [0.15, 0.2) is 41.7 Å². The summed E-state index contributed by atoms with van der Waals surface area (Å²) in [6.07, 6.45) is 4.66. The Bertz CT molecular complexity index is 642. The molecule has 0 radical (unpaired) electrons. The quantitative estimate of drug-likeness (QED) is 0.311. The molecule has 1 unspecified atom stereocenters. The fourth-order valence-corrected chi connectivity index (χ4v) is 2.24. The lowest BCUT2D eigenvalue weighted by atomic mass is 10.1. The van der Waals surface area contributed by atoms with Crippen molar-refractivity contribution < 1.29 is 4.39 Å². The van der Waals surface area contributed by atoms with E-state index in [4.69, 9.17) is 0 Å². The van der Waals surface area contributed by atoms with E-state index >= 15 is 0 Å². The van der Waals surface area contributed by atoms with Crippen LogP contribution in [0.25, 0.3) is 0 Å². The van der Waals surface area contributed by atoms with E-state index in [1.165, 1.54) is 0 Å². The molecule has 2 N–H and O–H groups in total. The Labute approximate surface area is 159 Å². The van der Waals surface area contributed by atoms with Crippen molar-refractivity contribution in [2.75, 3.05) is 13.6 Å². The minimum absolute atomic E-state index is 0. The van der Waals surface area contributed by atoms with Gasteiger partial charge in [0.1, 0.15) is 5.82 Å². The molecule has 0 aliphatic heterocycles. The van der Waals surface area contributed by atoms with E-state index in [0.29, 0.717) is 11.5 Å². The Kier molecular flexibility index (Phi) is 8.73. The lowest BCUT2D eigenvalue weighted by Crippen LogP contribution is -2.39. The molecular weight excluding hydrogens is 420 g/mol. The number of nitrogens with one attached hydrogen (secondary N) is 2. The van der Waals surface area contributed by atoms with Gasteiger partial charge in [-0.15, -0.1) is 24.0 Å². The normalized spacial score (nSPS) is 12.4. The molecule has 0 fully saturated rings. The molecule has 1 aromatic carbocycles. The van der Waals surface area contributed by atoms with Crippen LogP contribution < -0.4 is 10.6 Å². The largest absolute Gasteiger partial charge is 0.356 e. The number of nitrogens with zero attached hydrogens (tertiary/aromatic N) is 3. The molecule has 7 heteroatoms. The van der Waals surface area contributed by atoms with Crippen LogP contribution in [0.5, 0.6) is 0 Å². The van der Waals surface area contributed by atoms with Gasteiger partial charge in [0.25, 0.3) is 0 Å². The van der Waals surface area contributed by atoms with E-state index in [1.807, 2.05) is 29.9 Å². The number of hydrogen-bond donors (Lipinski definition) is 2. The summed E-state index contributed by atoms with van der Waals surface area (Å²) in [6, 6.07) is 7.18. The highest BCUT2D eigenvalue weighted by Gasteiger charge is 2.09. The average Bonchev–Trinajstić information content (AvgIpc) is 3.06. The van der Waals surface area contributed by atoms with Crippen LogP contribution in [0.4, 0.5) is 4.39 Å². The lowest BCUT2D eigenvalue weighted by molar-refractivity contribution is 0.567. The molecule has 2 aromatic rings. The maximum Gasteiger partial charge on any atom is 0.191 e. The fraction of sp³-hybridized carbons (Fsp3) is 0.412. The van der Waals surface area contributed by atoms with Crippen LogP contribution in [-0.4, -0.2) is 29.3 Å². The number of aryl methyl sites for hydroxylation is 2.